The smallest absolute Gasteiger partial charge is 0.249 e. The van der Waals surface area contributed by atoms with Crippen molar-refractivity contribution < 1.29 is 4.43 Å². The summed E-state index contributed by atoms with van der Waals surface area (Å²) in [5.41, 5.74) is 7.29. The molecule has 1 fully saturated rings. The van der Waals surface area contributed by atoms with Crippen LogP contribution in [0.25, 0.3) is 0 Å². The van der Waals surface area contributed by atoms with Crippen LogP contribution in [0.15, 0.2) is 11.8 Å². The molecule has 0 amide bonds. The van der Waals surface area contributed by atoms with Crippen LogP contribution in [0.2, 0.25) is 18.1 Å². The quantitative estimate of drug-likeness (QED) is 0.602. The van der Waals surface area contributed by atoms with Crippen LogP contribution < -0.4 is 5.73 Å². The molecule has 0 aromatic rings. The molecule has 0 aliphatic heterocycles. The van der Waals surface area contributed by atoms with Gasteiger partial charge in [0.05, 0.1) is 6.26 Å². The van der Waals surface area contributed by atoms with Crippen molar-refractivity contribution in [2.75, 3.05) is 0 Å². The second kappa shape index (κ2) is 4.53. The zero-order valence-corrected chi connectivity index (χ0v) is 12.6. The van der Waals surface area contributed by atoms with Gasteiger partial charge in [0.15, 0.2) is 0 Å². The lowest BCUT2D eigenvalue weighted by molar-refractivity contribution is 0.419. The first-order chi connectivity index (χ1) is 7.15. The molecule has 0 aromatic heterocycles. The lowest BCUT2D eigenvalue weighted by atomic mass is 10.1. The summed E-state index contributed by atoms with van der Waals surface area (Å²) in [5.74, 6) is 0.699. The van der Waals surface area contributed by atoms with Gasteiger partial charge in [0, 0.05) is 6.04 Å². The Balaban J connectivity index is 2.69. The Morgan fingerprint density at radius 3 is 2.19 bits per heavy atom. The normalized spacial score (nSPS) is 20.8. The second-order valence-electron chi connectivity index (χ2n) is 6.56. The Kier molecular flexibility index (Phi) is 3.90. The van der Waals surface area contributed by atoms with Crippen LogP contribution in [0, 0.1) is 5.92 Å². The Labute approximate surface area is 101 Å². The van der Waals surface area contributed by atoms with E-state index in [2.05, 4.69) is 40.8 Å². The maximum absolute atomic E-state index is 6.12. The van der Waals surface area contributed by atoms with Crippen LogP contribution >= 0.6 is 0 Å². The summed E-state index contributed by atoms with van der Waals surface area (Å²) in [6, 6.07) is 0.136. The number of nitrogens with two attached hydrogens (primary N) is 1. The van der Waals surface area contributed by atoms with E-state index in [9.17, 15) is 0 Å². The van der Waals surface area contributed by atoms with Crippen molar-refractivity contribution in [3.63, 3.8) is 0 Å². The van der Waals surface area contributed by atoms with Crippen molar-refractivity contribution in [2.24, 2.45) is 11.7 Å². The molecule has 2 N–H and O–H groups in total. The third-order valence-electron chi connectivity index (χ3n) is 3.87. The molecule has 16 heavy (non-hydrogen) atoms. The van der Waals surface area contributed by atoms with E-state index < -0.39 is 8.32 Å². The number of rotatable bonds is 4. The van der Waals surface area contributed by atoms with Crippen molar-refractivity contribution in [3.05, 3.63) is 11.8 Å². The Morgan fingerprint density at radius 1 is 1.38 bits per heavy atom. The van der Waals surface area contributed by atoms with Crippen LogP contribution in [-0.2, 0) is 4.43 Å². The summed E-state index contributed by atoms with van der Waals surface area (Å²) in [6.45, 7) is 13.4. The fourth-order valence-corrected chi connectivity index (χ4v) is 2.17. The summed E-state index contributed by atoms with van der Waals surface area (Å²) in [7, 11) is -1.66. The summed E-state index contributed by atoms with van der Waals surface area (Å²) in [6.07, 6.45) is 4.56. The van der Waals surface area contributed by atoms with Gasteiger partial charge in [-0.2, -0.15) is 0 Å². The lowest BCUT2D eigenvalue weighted by Gasteiger charge is -2.35. The largest absolute Gasteiger partial charge is 0.549 e. The Bertz CT molecular complexity index is 268. The highest BCUT2D eigenvalue weighted by atomic mass is 28.4. The molecule has 1 atom stereocenters. The van der Waals surface area contributed by atoms with E-state index in [-0.39, 0.29) is 11.1 Å². The molecule has 1 saturated carbocycles. The Hall–Kier alpha value is -0.283. The van der Waals surface area contributed by atoms with Gasteiger partial charge in [0.25, 0.3) is 0 Å². The minimum atomic E-state index is -1.66. The van der Waals surface area contributed by atoms with Crippen LogP contribution in [0.3, 0.4) is 0 Å². The molecule has 1 aliphatic carbocycles. The second-order valence-corrected chi connectivity index (χ2v) is 11.3. The molecule has 2 nitrogen and oxygen atoms in total. The van der Waals surface area contributed by atoms with E-state index in [0.29, 0.717) is 5.92 Å². The van der Waals surface area contributed by atoms with Crippen LogP contribution in [0.4, 0.5) is 0 Å². The van der Waals surface area contributed by atoms with Gasteiger partial charge in [-0.15, -0.1) is 0 Å². The van der Waals surface area contributed by atoms with Gasteiger partial charge in [0.1, 0.15) is 0 Å². The van der Waals surface area contributed by atoms with Crippen LogP contribution in [0.1, 0.15) is 40.5 Å². The molecule has 3 heteroatoms. The molecule has 1 aliphatic rings. The fourth-order valence-electron chi connectivity index (χ4n) is 1.38. The molecular formula is C13H27NOSi. The van der Waals surface area contributed by atoms with E-state index in [1.807, 2.05) is 6.26 Å². The van der Waals surface area contributed by atoms with Gasteiger partial charge < -0.3 is 10.2 Å². The van der Waals surface area contributed by atoms with Crippen molar-refractivity contribution in [1.29, 1.82) is 0 Å². The highest BCUT2D eigenvalue weighted by Gasteiger charge is 2.38. The number of hydrogen-bond donors (Lipinski definition) is 1. The summed E-state index contributed by atoms with van der Waals surface area (Å²) in [5, 5.41) is 0.260. The van der Waals surface area contributed by atoms with E-state index in [4.69, 9.17) is 10.2 Å². The average Bonchev–Trinajstić information content (AvgIpc) is 2.85. The predicted octanol–water partition coefficient (Wildman–Crippen LogP) is 3.65. The van der Waals surface area contributed by atoms with E-state index >= 15 is 0 Å². The molecule has 0 spiro atoms. The third kappa shape index (κ3) is 3.35. The van der Waals surface area contributed by atoms with Gasteiger partial charge >= 0.3 is 0 Å². The van der Waals surface area contributed by atoms with Gasteiger partial charge in [-0.1, -0.05) is 20.8 Å². The predicted molar refractivity (Wildman–Crippen MR) is 72.7 cm³/mol. The molecule has 0 heterocycles. The minimum absolute atomic E-state index is 0.136. The molecule has 0 saturated heterocycles. The van der Waals surface area contributed by atoms with E-state index in [0.717, 1.165) is 0 Å². The standard InChI is InChI=1S/C13H27NOSi/c1-10(14)12(11-7-8-11)9-15-16(5,6)13(2,3)4/h9-11H,7-8,14H2,1-6H3/t10-/m0/s1. The van der Waals surface area contributed by atoms with Crippen molar-refractivity contribution in [2.45, 2.75) is 64.7 Å². The topological polar surface area (TPSA) is 35.2 Å². The average molecular weight is 241 g/mol. The molecule has 1 rings (SSSR count). The van der Waals surface area contributed by atoms with Gasteiger partial charge in [-0.3, -0.25) is 0 Å². The molecule has 0 bridgehead atoms. The van der Waals surface area contributed by atoms with E-state index in [1.54, 1.807) is 0 Å². The summed E-state index contributed by atoms with van der Waals surface area (Å²) >= 11 is 0. The maximum atomic E-state index is 6.12. The van der Waals surface area contributed by atoms with Crippen molar-refractivity contribution in [3.8, 4) is 0 Å². The highest BCUT2D eigenvalue weighted by Crippen LogP contribution is 2.40. The SMILES string of the molecule is C[C@H](N)C(=CO[Si](C)(C)C(C)(C)C)C1CC1. The van der Waals surface area contributed by atoms with Crippen molar-refractivity contribution >= 4 is 8.32 Å². The molecule has 0 radical (unpaired) electrons. The molecule has 94 valence electrons. The lowest BCUT2D eigenvalue weighted by Crippen LogP contribution is -2.39. The van der Waals surface area contributed by atoms with Gasteiger partial charge in [0.2, 0.25) is 8.32 Å². The molecule has 0 unspecified atom stereocenters. The third-order valence-corrected chi connectivity index (χ3v) is 8.19. The zero-order valence-electron chi connectivity index (χ0n) is 11.6. The zero-order chi connectivity index (χ0) is 12.6. The first-order valence-corrected chi connectivity index (χ1v) is 9.19. The highest BCUT2D eigenvalue weighted by molar-refractivity contribution is 6.74. The van der Waals surface area contributed by atoms with Crippen LogP contribution in [0.5, 0.6) is 0 Å². The monoisotopic (exact) mass is 241 g/mol. The van der Waals surface area contributed by atoms with E-state index in [1.165, 1.54) is 18.4 Å². The fraction of sp³-hybridized carbons (Fsp3) is 0.846. The van der Waals surface area contributed by atoms with Gasteiger partial charge in [-0.05, 0) is 49.4 Å². The van der Waals surface area contributed by atoms with Crippen molar-refractivity contribution in [1.82, 2.24) is 0 Å². The molecular weight excluding hydrogens is 214 g/mol. The number of hydrogen-bond acceptors (Lipinski definition) is 2. The maximum Gasteiger partial charge on any atom is 0.249 e. The first-order valence-electron chi connectivity index (χ1n) is 6.28. The Morgan fingerprint density at radius 2 is 1.88 bits per heavy atom. The first kappa shape index (κ1) is 13.8. The summed E-state index contributed by atoms with van der Waals surface area (Å²) < 4.78 is 6.12. The van der Waals surface area contributed by atoms with Gasteiger partial charge in [-0.25, -0.2) is 0 Å². The minimum Gasteiger partial charge on any atom is -0.549 e. The summed E-state index contributed by atoms with van der Waals surface area (Å²) in [4.78, 5) is 0. The van der Waals surface area contributed by atoms with Crippen LogP contribution in [-0.4, -0.2) is 14.4 Å². The molecule has 0 aromatic carbocycles.